The molecule has 1 aliphatic carbocycles. The Hall–Kier alpha value is -3.49. The summed E-state index contributed by atoms with van der Waals surface area (Å²) < 4.78 is 44.6. The number of hydrogen-bond donors (Lipinski definition) is 0. The maximum absolute atomic E-state index is 13.9. The van der Waals surface area contributed by atoms with E-state index >= 15 is 0 Å². The fraction of sp³-hybridized carbons (Fsp3) is 0.273. The van der Waals surface area contributed by atoms with Crippen LogP contribution < -0.4 is 0 Å². The van der Waals surface area contributed by atoms with Crippen molar-refractivity contribution in [3.05, 3.63) is 179 Å². The number of rotatable bonds is 6. The summed E-state index contributed by atoms with van der Waals surface area (Å²) >= 11 is 0. The zero-order chi connectivity index (χ0) is 37.9. The Kier molecular flexibility index (Phi) is 16.0. The minimum absolute atomic E-state index is 0. The monoisotopic (exact) mass is 872 g/mol. The molecule has 2 saturated heterocycles. The average Bonchev–Trinajstić information content (AvgIpc) is 3.87. The van der Waals surface area contributed by atoms with Crippen molar-refractivity contribution in [1.29, 1.82) is 0 Å². The Morgan fingerprint density at radius 1 is 0.436 bits per heavy atom. The summed E-state index contributed by atoms with van der Waals surface area (Å²) in [6.45, 7) is 0. The second kappa shape index (κ2) is 20.6. The summed E-state index contributed by atoms with van der Waals surface area (Å²) in [7, 11) is -8.05. The molecule has 3 nitrogen and oxygen atoms in total. The second-order valence-corrected chi connectivity index (χ2v) is 18.7. The fourth-order valence-electron chi connectivity index (χ4n) is 7.94. The van der Waals surface area contributed by atoms with Crippen molar-refractivity contribution in [3.63, 3.8) is 0 Å². The third-order valence-corrected chi connectivity index (χ3v) is 17.1. The van der Waals surface area contributed by atoms with Crippen LogP contribution in [0.1, 0.15) is 96.3 Å². The van der Waals surface area contributed by atoms with E-state index in [1.165, 1.54) is 47.9 Å². The molecule has 0 bridgehead atoms. The van der Waals surface area contributed by atoms with Crippen molar-refractivity contribution in [2.75, 3.05) is 0 Å². The van der Waals surface area contributed by atoms with Gasteiger partial charge in [-0.15, -0.1) is 0 Å². The van der Waals surface area contributed by atoms with Gasteiger partial charge in [-0.2, -0.15) is 0 Å². The first kappa shape index (κ1) is 42.6. The molecule has 4 atom stereocenters. The van der Waals surface area contributed by atoms with Crippen LogP contribution in [0.2, 0.25) is 0 Å². The van der Waals surface area contributed by atoms with Gasteiger partial charge in [0, 0.05) is 42.1 Å². The molecular weight excluding hydrogens is 828 g/mol. The maximum Gasteiger partial charge on any atom is 0.673 e. The Balaban J connectivity index is 0.000000355. The number of halogens is 4. The predicted molar refractivity (Wildman–Crippen MR) is 214 cm³/mol. The van der Waals surface area contributed by atoms with E-state index in [0.717, 1.165) is 36.3 Å². The third-order valence-electron chi connectivity index (χ3n) is 10.2. The number of ether oxygens (including phenoxy) is 1. The number of esters is 2. The van der Waals surface area contributed by atoms with Crippen LogP contribution in [0.5, 0.6) is 0 Å². The van der Waals surface area contributed by atoms with E-state index in [0.29, 0.717) is 0 Å². The van der Waals surface area contributed by atoms with Crippen molar-refractivity contribution in [2.45, 2.75) is 74.0 Å². The molecule has 11 heteroatoms. The maximum atomic E-state index is 13.9. The summed E-state index contributed by atoms with van der Waals surface area (Å²) in [5.41, 5.74) is 5.88. The van der Waals surface area contributed by atoms with Gasteiger partial charge in [0.15, 0.2) is 0 Å². The molecule has 3 heterocycles. The van der Waals surface area contributed by atoms with Gasteiger partial charge in [0.05, 0.1) is 10.6 Å². The van der Waals surface area contributed by atoms with Crippen molar-refractivity contribution in [2.24, 2.45) is 0 Å². The molecule has 0 saturated carbocycles. The first-order valence-electron chi connectivity index (χ1n) is 18.6. The molecule has 0 aromatic heterocycles. The van der Waals surface area contributed by atoms with Crippen LogP contribution in [-0.4, -0.2) is 19.2 Å². The fourth-order valence-corrected chi connectivity index (χ4v) is 15.6. The minimum atomic E-state index is -6.00. The smallest absolute Gasteiger partial charge is 0.418 e. The summed E-state index contributed by atoms with van der Waals surface area (Å²) in [5, 5.41) is 1.44. The van der Waals surface area contributed by atoms with Crippen LogP contribution in [-0.2, 0) is 33.8 Å². The molecule has 0 amide bonds. The topological polar surface area (TPSA) is 43.4 Å². The molecule has 0 unspecified atom stereocenters. The van der Waals surface area contributed by atoms with Crippen LogP contribution in [0.15, 0.2) is 156 Å². The van der Waals surface area contributed by atoms with Crippen molar-refractivity contribution in [1.82, 2.24) is 0 Å². The zero-order valence-electron chi connectivity index (χ0n) is 30.4. The Bertz CT molecular complexity index is 1680. The molecule has 2 fully saturated rings. The van der Waals surface area contributed by atoms with Gasteiger partial charge < -0.3 is 22.0 Å². The van der Waals surface area contributed by atoms with Gasteiger partial charge in [-0.05, 0) is 73.6 Å². The van der Waals surface area contributed by atoms with Gasteiger partial charge in [0.2, 0.25) is 0 Å². The van der Waals surface area contributed by atoms with Gasteiger partial charge in [-0.1, -0.05) is 161 Å². The van der Waals surface area contributed by atoms with Gasteiger partial charge in [-0.3, -0.25) is 0 Å². The number of hydrogen-bond acceptors (Lipinski definition) is 3. The summed E-state index contributed by atoms with van der Waals surface area (Å²) in [6.07, 6.45) is 18.0. The van der Waals surface area contributed by atoms with Crippen molar-refractivity contribution >= 4 is 35.0 Å². The Morgan fingerprint density at radius 3 is 0.873 bits per heavy atom. The average molecular weight is 872 g/mol. The normalized spacial score (nSPS) is 23.3. The van der Waals surface area contributed by atoms with Crippen molar-refractivity contribution < 1.29 is 51.1 Å². The molecule has 4 aromatic carbocycles. The van der Waals surface area contributed by atoms with E-state index < -0.39 is 35.0 Å². The van der Waals surface area contributed by atoms with E-state index in [2.05, 4.69) is 121 Å². The minimum Gasteiger partial charge on any atom is -0.418 e. The first-order valence-corrected chi connectivity index (χ1v) is 21.6. The number of carbonyl (C=O) groups excluding carboxylic acids is 2. The Morgan fingerprint density at radius 2 is 0.655 bits per heavy atom. The number of allylic oxidation sites excluding steroid dienone is 4. The van der Waals surface area contributed by atoms with Gasteiger partial charge in [-0.25, -0.2) is 9.59 Å². The summed E-state index contributed by atoms with van der Waals surface area (Å²) in [4.78, 5) is 27.8. The molecule has 1 radical (unpaired) electrons. The third kappa shape index (κ3) is 11.3. The first-order chi connectivity index (χ1) is 26.2. The molecule has 0 spiro atoms. The molecule has 8 rings (SSSR count). The molecule has 289 valence electrons. The van der Waals surface area contributed by atoms with E-state index in [1.807, 2.05) is 24.3 Å². The van der Waals surface area contributed by atoms with E-state index in [-0.39, 0.29) is 42.1 Å². The largest absolute Gasteiger partial charge is 0.673 e. The van der Waals surface area contributed by atoms with Crippen LogP contribution in [0.3, 0.4) is 0 Å². The predicted octanol–water partition coefficient (Wildman–Crippen LogP) is 13.8. The van der Waals surface area contributed by atoms with Crippen molar-refractivity contribution in [3.8, 4) is 0 Å². The van der Waals surface area contributed by atoms with E-state index in [9.17, 15) is 26.9 Å². The molecule has 4 aromatic rings. The zero-order valence-corrected chi connectivity index (χ0v) is 33.8. The molecule has 4 aliphatic rings. The quantitative estimate of drug-likeness (QED) is 0.0484. The summed E-state index contributed by atoms with van der Waals surface area (Å²) in [6, 6.07) is 42.4. The summed E-state index contributed by atoms with van der Waals surface area (Å²) in [5.74, 6) is -0.791. The van der Waals surface area contributed by atoms with Gasteiger partial charge in [0.25, 0.3) is 0 Å². The Labute approximate surface area is 337 Å². The standard InChI is InChI=1S/C36H32O3P2.C8H12.BF4.Rh/c37-35-33(40-29(25-13-5-1-6-14-25)21-22-30(40)26-15-7-2-8-16-26)34(36(38)39-35)41-31(27-17-9-3-10-18-27)23-24-32(41)28-19-11-4-12-20-28;1-2-4-6-8-7-5-3-1;2-1(3,4)5;/h1-20,29-32H,21-24H2;1-2,7-8H,3-6H2;;/q;;-1;/b;2-1-,8-7?;;/t29-,30-,31-,32-;;;/m0.../s1. The van der Waals surface area contributed by atoms with Crippen LogP contribution >= 0.6 is 15.8 Å². The SMILES string of the molecule is C1=CCC/C=C\CC1.F[B-](F)(F)F.O=C1OC(=O)C(P2[C@H](c3ccccc3)CC[C@H]2c2ccccc2)=C1P1[C@H](c2ccccc2)CC[C@H]1c1ccccc1.[Rh]. The van der Waals surface area contributed by atoms with Crippen LogP contribution in [0.4, 0.5) is 17.3 Å². The number of cyclic esters (lactones) is 2. The number of carbonyl (C=O) groups is 2. The molecular formula is C44H44BF4O3P2Rh-. The van der Waals surface area contributed by atoms with Crippen LogP contribution in [0, 0.1) is 0 Å². The van der Waals surface area contributed by atoms with Crippen LogP contribution in [0.25, 0.3) is 0 Å². The van der Waals surface area contributed by atoms with E-state index in [4.69, 9.17) is 4.74 Å². The molecule has 3 aliphatic heterocycles. The molecule has 0 N–H and O–H groups in total. The number of benzene rings is 4. The second-order valence-electron chi connectivity index (χ2n) is 13.6. The van der Waals surface area contributed by atoms with Gasteiger partial charge >= 0.3 is 19.2 Å². The van der Waals surface area contributed by atoms with Gasteiger partial charge in [0.1, 0.15) is 0 Å². The van der Waals surface area contributed by atoms with E-state index in [1.54, 1.807) is 0 Å². The molecule has 55 heavy (non-hydrogen) atoms.